The summed E-state index contributed by atoms with van der Waals surface area (Å²) in [5.74, 6) is -0.121. The predicted octanol–water partition coefficient (Wildman–Crippen LogP) is 4.17. The van der Waals surface area contributed by atoms with Crippen LogP contribution in [-0.4, -0.2) is 39.5 Å². The van der Waals surface area contributed by atoms with Gasteiger partial charge < -0.3 is 10.0 Å². The van der Waals surface area contributed by atoms with Crippen molar-refractivity contribution in [1.29, 1.82) is 0 Å². The number of hydrogen-bond acceptors (Lipinski definition) is 4. The van der Waals surface area contributed by atoms with Crippen LogP contribution >= 0.6 is 11.3 Å². The van der Waals surface area contributed by atoms with E-state index in [-0.39, 0.29) is 24.1 Å². The zero-order chi connectivity index (χ0) is 20.7. The number of thiophene rings is 1. The third-order valence-electron chi connectivity index (χ3n) is 5.96. The van der Waals surface area contributed by atoms with Gasteiger partial charge in [-0.1, -0.05) is 30.3 Å². The van der Waals surface area contributed by atoms with Crippen LogP contribution in [0.15, 0.2) is 64.9 Å². The van der Waals surface area contributed by atoms with Crippen LogP contribution in [-0.2, 0) is 0 Å². The van der Waals surface area contributed by atoms with Crippen LogP contribution < -0.4 is 5.56 Å². The number of hydrogen-bond donors (Lipinski definition) is 1. The van der Waals surface area contributed by atoms with Crippen molar-refractivity contribution in [2.24, 2.45) is 0 Å². The fourth-order valence-corrected chi connectivity index (χ4v) is 5.35. The van der Waals surface area contributed by atoms with E-state index in [1.165, 1.54) is 11.3 Å². The molecule has 4 aromatic rings. The highest BCUT2D eigenvalue weighted by atomic mass is 32.1. The molecule has 1 unspecified atom stereocenters. The Hall–Kier alpha value is -2.96. The highest BCUT2D eigenvalue weighted by Gasteiger charge is 2.29. The average Bonchev–Trinajstić information content (AvgIpc) is 3.28. The van der Waals surface area contributed by atoms with Crippen LogP contribution in [0.25, 0.3) is 26.7 Å². The van der Waals surface area contributed by atoms with Crippen LogP contribution in [0, 0.1) is 0 Å². The van der Waals surface area contributed by atoms with Crippen molar-refractivity contribution in [3.05, 3.63) is 76.0 Å². The average molecular weight is 419 g/mol. The second-order valence-electron chi connectivity index (χ2n) is 7.71. The number of benzene rings is 1. The summed E-state index contributed by atoms with van der Waals surface area (Å²) >= 11 is 1.53. The van der Waals surface area contributed by atoms with E-state index in [2.05, 4.69) is 0 Å². The molecule has 1 aliphatic heterocycles. The number of carbonyl (C=O) groups excluding carboxylic acids is 1. The first kappa shape index (κ1) is 19.0. The predicted molar refractivity (Wildman–Crippen MR) is 120 cm³/mol. The van der Waals surface area contributed by atoms with Crippen molar-refractivity contribution >= 4 is 32.8 Å². The summed E-state index contributed by atoms with van der Waals surface area (Å²) in [5.41, 5.74) is 2.32. The smallest absolute Gasteiger partial charge is 0.263 e. The topological polar surface area (TPSA) is 62.0 Å². The number of piperidine rings is 1. The molecule has 30 heavy (non-hydrogen) atoms. The Bertz CT molecular complexity index is 1290. The van der Waals surface area contributed by atoms with Crippen molar-refractivity contribution in [3.63, 3.8) is 0 Å². The van der Waals surface area contributed by atoms with E-state index in [0.29, 0.717) is 23.2 Å². The standard InChI is InChI=1S/C24H22N2O3S/c27-15-18-8-4-5-11-25(18)24(29)20-14-19(16-6-2-1-3-7-16)23(28)26-12-9-17-10-13-30-22(17)21(20)26/h1-3,6-7,9-10,12-14,18,27H,4-5,8,11,15H2. The molecule has 1 atom stereocenters. The molecule has 6 heteroatoms. The van der Waals surface area contributed by atoms with Crippen LogP contribution in [0.5, 0.6) is 0 Å². The summed E-state index contributed by atoms with van der Waals surface area (Å²) in [6.45, 7) is 0.576. The van der Waals surface area contributed by atoms with E-state index < -0.39 is 0 Å². The van der Waals surface area contributed by atoms with Crippen molar-refractivity contribution in [1.82, 2.24) is 9.30 Å². The molecule has 0 bridgehead atoms. The lowest BCUT2D eigenvalue weighted by Crippen LogP contribution is -2.46. The van der Waals surface area contributed by atoms with Crippen LogP contribution in [0.1, 0.15) is 29.6 Å². The summed E-state index contributed by atoms with van der Waals surface area (Å²) in [7, 11) is 0. The van der Waals surface area contributed by atoms with Gasteiger partial charge in [-0.15, -0.1) is 11.3 Å². The quantitative estimate of drug-likeness (QED) is 0.543. The number of pyridine rings is 2. The monoisotopic (exact) mass is 418 g/mol. The van der Waals surface area contributed by atoms with Crippen LogP contribution in [0.3, 0.4) is 0 Å². The van der Waals surface area contributed by atoms with Gasteiger partial charge in [0.1, 0.15) is 0 Å². The fraction of sp³-hybridized carbons (Fsp3) is 0.250. The van der Waals surface area contributed by atoms with Crippen molar-refractivity contribution in [2.75, 3.05) is 13.2 Å². The third-order valence-corrected chi connectivity index (χ3v) is 6.90. The first-order valence-corrected chi connectivity index (χ1v) is 11.1. The molecule has 0 spiro atoms. The lowest BCUT2D eigenvalue weighted by atomic mass is 9.99. The van der Waals surface area contributed by atoms with Gasteiger partial charge in [0.2, 0.25) is 0 Å². The maximum atomic E-state index is 13.7. The lowest BCUT2D eigenvalue weighted by molar-refractivity contribution is 0.0504. The van der Waals surface area contributed by atoms with Crippen molar-refractivity contribution < 1.29 is 9.90 Å². The molecule has 0 saturated carbocycles. The van der Waals surface area contributed by atoms with Gasteiger partial charge in [0.15, 0.2) is 0 Å². The Morgan fingerprint density at radius 2 is 1.97 bits per heavy atom. The second kappa shape index (κ2) is 7.70. The minimum Gasteiger partial charge on any atom is -0.394 e. The summed E-state index contributed by atoms with van der Waals surface area (Å²) in [4.78, 5) is 28.9. The Balaban J connectivity index is 1.80. The molecular weight excluding hydrogens is 396 g/mol. The molecule has 5 rings (SSSR count). The molecule has 1 aromatic carbocycles. The van der Waals surface area contributed by atoms with Gasteiger partial charge in [0.05, 0.1) is 28.4 Å². The first-order valence-electron chi connectivity index (χ1n) is 10.2. The first-order chi connectivity index (χ1) is 14.7. The highest BCUT2D eigenvalue weighted by molar-refractivity contribution is 7.18. The normalized spacial score (nSPS) is 17.0. The fourth-order valence-electron chi connectivity index (χ4n) is 4.41. The van der Waals surface area contributed by atoms with Crippen molar-refractivity contribution in [3.8, 4) is 11.1 Å². The van der Waals surface area contributed by atoms with E-state index in [0.717, 1.165) is 34.9 Å². The number of amides is 1. The number of aliphatic hydroxyl groups excluding tert-OH is 1. The van der Waals surface area contributed by atoms with Gasteiger partial charge >= 0.3 is 0 Å². The molecule has 1 N–H and O–H groups in total. The molecule has 1 aliphatic rings. The second-order valence-corrected chi connectivity index (χ2v) is 8.63. The van der Waals surface area contributed by atoms with Gasteiger partial charge in [-0.25, -0.2) is 0 Å². The minimum absolute atomic E-state index is 0.0452. The SMILES string of the molecule is O=C(c1cc(-c2ccccc2)c(=O)n2ccc3ccsc3c12)N1CCCCC1CO. The number of rotatable bonds is 3. The maximum absolute atomic E-state index is 13.7. The molecule has 5 nitrogen and oxygen atoms in total. The van der Waals surface area contributed by atoms with E-state index in [1.807, 2.05) is 47.8 Å². The highest BCUT2D eigenvalue weighted by Crippen LogP contribution is 2.31. The largest absolute Gasteiger partial charge is 0.394 e. The van der Waals surface area contributed by atoms with E-state index in [4.69, 9.17) is 0 Å². The minimum atomic E-state index is -0.180. The van der Waals surface area contributed by atoms with Crippen LogP contribution in [0.2, 0.25) is 0 Å². The Labute approximate surface area is 177 Å². The third kappa shape index (κ3) is 3.04. The summed E-state index contributed by atoms with van der Waals surface area (Å²) < 4.78 is 2.53. The number of aliphatic hydroxyl groups is 1. The zero-order valence-electron chi connectivity index (χ0n) is 16.5. The van der Waals surface area contributed by atoms with Gasteiger partial charge in [-0.05, 0) is 53.8 Å². The van der Waals surface area contributed by atoms with E-state index in [9.17, 15) is 14.7 Å². The maximum Gasteiger partial charge on any atom is 0.263 e. The number of likely N-dealkylation sites (tertiary alicyclic amines) is 1. The number of nitrogens with zero attached hydrogens (tertiary/aromatic N) is 2. The molecule has 3 aromatic heterocycles. The van der Waals surface area contributed by atoms with Gasteiger partial charge in [-0.3, -0.25) is 14.0 Å². The molecule has 4 heterocycles. The summed E-state index contributed by atoms with van der Waals surface area (Å²) in [6, 6.07) is 14.9. The Kier molecular flexibility index (Phi) is 4.89. The van der Waals surface area contributed by atoms with E-state index in [1.54, 1.807) is 21.6 Å². The van der Waals surface area contributed by atoms with Crippen molar-refractivity contribution in [2.45, 2.75) is 25.3 Å². The summed E-state index contributed by atoms with van der Waals surface area (Å²) in [6.07, 6.45) is 4.49. The van der Waals surface area contributed by atoms with Crippen LogP contribution in [0.4, 0.5) is 0 Å². The molecule has 1 fully saturated rings. The molecule has 1 saturated heterocycles. The van der Waals surface area contributed by atoms with Gasteiger partial charge in [0.25, 0.3) is 11.5 Å². The van der Waals surface area contributed by atoms with Gasteiger partial charge in [0, 0.05) is 18.3 Å². The zero-order valence-corrected chi connectivity index (χ0v) is 17.3. The lowest BCUT2D eigenvalue weighted by Gasteiger charge is -2.35. The number of aromatic nitrogens is 1. The Morgan fingerprint density at radius 1 is 1.13 bits per heavy atom. The van der Waals surface area contributed by atoms with Gasteiger partial charge in [-0.2, -0.15) is 0 Å². The Morgan fingerprint density at radius 3 is 2.77 bits per heavy atom. The molecule has 1 amide bonds. The number of fused-ring (bicyclic) bond motifs is 3. The molecular formula is C24H22N2O3S. The summed E-state index contributed by atoms with van der Waals surface area (Å²) in [5, 5.41) is 12.8. The molecule has 0 aliphatic carbocycles. The van der Waals surface area contributed by atoms with E-state index >= 15 is 0 Å². The molecule has 152 valence electrons. The number of carbonyl (C=O) groups is 1. The molecule has 0 radical (unpaired) electrons.